The van der Waals surface area contributed by atoms with Crippen molar-refractivity contribution in [2.24, 2.45) is 0 Å². The Morgan fingerprint density at radius 2 is 2.11 bits per heavy atom. The number of hydrogen-bond donors (Lipinski definition) is 0. The first kappa shape index (κ1) is 14.1. The Bertz CT molecular complexity index is 508. The van der Waals surface area contributed by atoms with Crippen LogP contribution in [-0.4, -0.2) is 37.9 Å². The summed E-state index contributed by atoms with van der Waals surface area (Å²) in [7, 11) is 3.77. The highest BCUT2D eigenvalue weighted by Crippen LogP contribution is 2.25. The summed E-state index contributed by atoms with van der Waals surface area (Å²) < 4.78 is 14.1. The van der Waals surface area contributed by atoms with Gasteiger partial charge in [-0.05, 0) is 18.2 Å². The third-order valence-corrected chi connectivity index (χ3v) is 3.41. The van der Waals surface area contributed by atoms with Crippen molar-refractivity contribution in [3.8, 4) is 0 Å². The minimum Gasteiger partial charge on any atom is -0.383 e. The van der Waals surface area contributed by atoms with Gasteiger partial charge in [0.2, 0.25) is 0 Å². The fourth-order valence-electron chi connectivity index (χ4n) is 2.14. The molecule has 0 N–H and O–H groups in total. The van der Waals surface area contributed by atoms with E-state index in [1.165, 1.54) is 12.1 Å². The predicted molar refractivity (Wildman–Crippen MR) is 77.7 cm³/mol. The number of Topliss-reactive ketones (excluding diaryl/α,β-unsaturated/α-hetero) is 1. The molecule has 1 heterocycles. The Labute approximate surface area is 120 Å². The summed E-state index contributed by atoms with van der Waals surface area (Å²) in [6.45, 7) is 1.15. The van der Waals surface area contributed by atoms with Gasteiger partial charge >= 0.3 is 0 Å². The molecular formula is C14H16BrFN2O. The van der Waals surface area contributed by atoms with Crippen molar-refractivity contribution in [1.82, 2.24) is 4.90 Å². The molecule has 0 aliphatic carbocycles. The molecule has 0 unspecified atom stereocenters. The van der Waals surface area contributed by atoms with E-state index in [9.17, 15) is 9.18 Å². The molecule has 0 amide bonds. The first-order chi connectivity index (χ1) is 8.95. The number of rotatable bonds is 2. The van der Waals surface area contributed by atoms with Crippen LogP contribution >= 0.6 is 15.9 Å². The van der Waals surface area contributed by atoms with E-state index < -0.39 is 0 Å². The lowest BCUT2D eigenvalue weighted by Gasteiger charge is -2.30. The lowest BCUT2D eigenvalue weighted by Crippen LogP contribution is -2.36. The Morgan fingerprint density at radius 3 is 2.74 bits per heavy atom. The lowest BCUT2D eigenvalue weighted by atomic mass is 10.0. The monoisotopic (exact) mass is 326 g/mol. The number of hydrogen-bond acceptors (Lipinski definition) is 3. The molecule has 19 heavy (non-hydrogen) atoms. The predicted octanol–water partition coefficient (Wildman–Crippen LogP) is 2.81. The molecule has 2 rings (SSSR count). The van der Waals surface area contributed by atoms with E-state index in [4.69, 9.17) is 0 Å². The van der Waals surface area contributed by atoms with E-state index in [2.05, 4.69) is 15.9 Å². The first-order valence-electron chi connectivity index (χ1n) is 6.07. The van der Waals surface area contributed by atoms with Gasteiger partial charge in [-0.2, -0.15) is 0 Å². The average molecular weight is 327 g/mol. The maximum atomic E-state index is 13.4. The zero-order chi connectivity index (χ0) is 14.0. The van der Waals surface area contributed by atoms with Gasteiger partial charge in [0, 0.05) is 55.5 Å². The topological polar surface area (TPSA) is 23.6 Å². The van der Waals surface area contributed by atoms with Crippen LogP contribution in [0, 0.1) is 5.82 Å². The fraction of sp³-hybridized carbons (Fsp3) is 0.357. The summed E-state index contributed by atoms with van der Waals surface area (Å²) in [5.41, 5.74) is 1.56. The molecule has 0 atom stereocenters. The number of nitrogens with zero attached hydrogens (tertiary/aromatic N) is 2. The number of carbonyl (C=O) groups excluding carboxylic acids is 1. The summed E-state index contributed by atoms with van der Waals surface area (Å²) in [5.74, 6) is -0.111. The van der Waals surface area contributed by atoms with Gasteiger partial charge in [-0.3, -0.25) is 4.79 Å². The van der Waals surface area contributed by atoms with Crippen molar-refractivity contribution in [3.05, 3.63) is 40.3 Å². The van der Waals surface area contributed by atoms with E-state index >= 15 is 0 Å². The standard InChI is InChI=1S/C14H16BrFN2O/c1-17(2)8-10-9-18(4-3-14(10)19)13-6-11(15)5-12(16)7-13/h5-8H,3-4,9H2,1-2H3. The van der Waals surface area contributed by atoms with Crippen LogP contribution in [0.3, 0.4) is 0 Å². The zero-order valence-corrected chi connectivity index (χ0v) is 12.6. The summed E-state index contributed by atoms with van der Waals surface area (Å²) in [6, 6.07) is 4.79. The summed E-state index contributed by atoms with van der Waals surface area (Å²) in [4.78, 5) is 15.7. The molecule has 0 radical (unpaired) electrons. The maximum Gasteiger partial charge on any atom is 0.163 e. The zero-order valence-electron chi connectivity index (χ0n) is 11.0. The minimum absolute atomic E-state index is 0.167. The Balaban J connectivity index is 2.24. The van der Waals surface area contributed by atoms with E-state index in [1.807, 2.05) is 36.2 Å². The van der Waals surface area contributed by atoms with Crippen molar-refractivity contribution in [3.63, 3.8) is 0 Å². The molecule has 0 bridgehead atoms. The normalized spacial score (nSPS) is 18.0. The van der Waals surface area contributed by atoms with Crippen LogP contribution in [0.25, 0.3) is 0 Å². The van der Waals surface area contributed by atoms with Gasteiger partial charge in [-0.15, -0.1) is 0 Å². The number of piperidine rings is 1. The number of benzene rings is 1. The van der Waals surface area contributed by atoms with E-state index in [-0.39, 0.29) is 11.6 Å². The molecule has 1 aliphatic rings. The van der Waals surface area contributed by atoms with Crippen LogP contribution in [-0.2, 0) is 4.79 Å². The largest absolute Gasteiger partial charge is 0.383 e. The molecule has 1 aromatic rings. The smallest absolute Gasteiger partial charge is 0.163 e. The van der Waals surface area contributed by atoms with Crippen LogP contribution in [0.1, 0.15) is 6.42 Å². The number of carbonyl (C=O) groups is 1. The highest BCUT2D eigenvalue weighted by Gasteiger charge is 2.22. The van der Waals surface area contributed by atoms with Crippen LogP contribution in [0.4, 0.5) is 10.1 Å². The molecule has 1 saturated heterocycles. The third kappa shape index (κ3) is 3.56. The second kappa shape index (κ2) is 5.74. The first-order valence-corrected chi connectivity index (χ1v) is 6.86. The van der Waals surface area contributed by atoms with Crippen LogP contribution < -0.4 is 4.90 Å². The van der Waals surface area contributed by atoms with Gasteiger partial charge in [0.15, 0.2) is 5.78 Å². The van der Waals surface area contributed by atoms with Crippen LogP contribution in [0.5, 0.6) is 0 Å². The summed E-state index contributed by atoms with van der Waals surface area (Å²) in [6.07, 6.45) is 2.30. The average Bonchev–Trinajstić information content (AvgIpc) is 2.30. The third-order valence-electron chi connectivity index (χ3n) is 2.95. The number of halogens is 2. The fourth-order valence-corrected chi connectivity index (χ4v) is 2.59. The van der Waals surface area contributed by atoms with Gasteiger partial charge in [0.05, 0.1) is 0 Å². The number of ketones is 1. The maximum absolute atomic E-state index is 13.4. The van der Waals surface area contributed by atoms with E-state index in [1.54, 1.807) is 0 Å². The van der Waals surface area contributed by atoms with Gasteiger partial charge < -0.3 is 9.80 Å². The second-order valence-corrected chi connectivity index (χ2v) is 5.76. The number of anilines is 1. The van der Waals surface area contributed by atoms with E-state index in [0.29, 0.717) is 24.0 Å². The summed E-state index contributed by atoms with van der Waals surface area (Å²) >= 11 is 3.29. The van der Waals surface area contributed by atoms with Crippen LogP contribution in [0.15, 0.2) is 34.4 Å². The van der Waals surface area contributed by atoms with Crippen LogP contribution in [0.2, 0.25) is 0 Å². The lowest BCUT2D eigenvalue weighted by molar-refractivity contribution is -0.116. The molecule has 5 heteroatoms. The van der Waals surface area contributed by atoms with Crippen molar-refractivity contribution >= 4 is 27.4 Å². The van der Waals surface area contributed by atoms with Crippen molar-refractivity contribution in [2.45, 2.75) is 6.42 Å². The van der Waals surface area contributed by atoms with Crippen molar-refractivity contribution < 1.29 is 9.18 Å². The molecular weight excluding hydrogens is 311 g/mol. The Kier molecular flexibility index (Phi) is 4.24. The Hall–Kier alpha value is -1.36. The van der Waals surface area contributed by atoms with Crippen molar-refractivity contribution in [1.29, 1.82) is 0 Å². The molecule has 3 nitrogen and oxygen atoms in total. The van der Waals surface area contributed by atoms with Gasteiger partial charge in [0.25, 0.3) is 0 Å². The second-order valence-electron chi connectivity index (χ2n) is 4.84. The van der Waals surface area contributed by atoms with Gasteiger partial charge in [-0.1, -0.05) is 15.9 Å². The molecule has 1 aromatic carbocycles. The molecule has 1 fully saturated rings. The highest BCUT2D eigenvalue weighted by atomic mass is 79.9. The molecule has 0 aromatic heterocycles. The summed E-state index contributed by atoms with van der Waals surface area (Å²) in [5, 5.41) is 0. The van der Waals surface area contributed by atoms with Gasteiger partial charge in [-0.25, -0.2) is 4.39 Å². The quantitative estimate of drug-likeness (QED) is 0.781. The molecule has 0 spiro atoms. The SMILES string of the molecule is CN(C)C=C1CN(c2cc(F)cc(Br)c2)CCC1=O. The molecule has 102 valence electrons. The van der Waals surface area contributed by atoms with Crippen molar-refractivity contribution in [2.75, 3.05) is 32.1 Å². The minimum atomic E-state index is -0.278. The molecule has 1 aliphatic heterocycles. The molecule has 0 saturated carbocycles. The Morgan fingerprint density at radius 1 is 1.37 bits per heavy atom. The highest BCUT2D eigenvalue weighted by molar-refractivity contribution is 9.10. The van der Waals surface area contributed by atoms with E-state index in [0.717, 1.165) is 11.3 Å². The van der Waals surface area contributed by atoms with Gasteiger partial charge in [0.1, 0.15) is 5.82 Å².